The van der Waals surface area contributed by atoms with Crippen molar-refractivity contribution in [2.75, 3.05) is 18.8 Å². The highest BCUT2D eigenvalue weighted by Gasteiger charge is 2.51. The molecule has 0 radical (unpaired) electrons. The third-order valence-corrected chi connectivity index (χ3v) is 5.45. The fraction of sp³-hybridized carbons (Fsp3) is 0.353. The van der Waals surface area contributed by atoms with Gasteiger partial charge >= 0.3 is 0 Å². The molecule has 5 rings (SSSR count). The van der Waals surface area contributed by atoms with E-state index < -0.39 is 5.67 Å². The predicted octanol–water partition coefficient (Wildman–Crippen LogP) is 2.80. The molecule has 1 saturated heterocycles. The van der Waals surface area contributed by atoms with Crippen molar-refractivity contribution in [3.05, 3.63) is 40.9 Å². The topological polar surface area (TPSA) is 72.9 Å². The summed E-state index contributed by atoms with van der Waals surface area (Å²) < 4.78 is 18.1. The minimum absolute atomic E-state index is 0.188. The monoisotopic (exact) mass is 402 g/mol. The highest BCUT2D eigenvalue weighted by Crippen LogP contribution is 2.45. The number of nitrogens with zero attached hydrogens (tertiary/aromatic N) is 5. The van der Waals surface area contributed by atoms with Crippen LogP contribution >= 0.6 is 15.9 Å². The molecule has 25 heavy (non-hydrogen) atoms. The number of nitrogen functional groups attached to an aromatic ring is 1. The molecule has 0 amide bonds. The van der Waals surface area contributed by atoms with Crippen molar-refractivity contribution >= 4 is 32.8 Å². The van der Waals surface area contributed by atoms with E-state index in [4.69, 9.17) is 5.73 Å². The molecule has 6 nitrogen and oxygen atoms in total. The molecule has 4 heterocycles. The van der Waals surface area contributed by atoms with Crippen LogP contribution in [0.3, 0.4) is 0 Å². The van der Waals surface area contributed by atoms with Crippen molar-refractivity contribution < 1.29 is 4.39 Å². The van der Waals surface area contributed by atoms with Gasteiger partial charge in [0, 0.05) is 48.7 Å². The van der Waals surface area contributed by atoms with Gasteiger partial charge in [0.25, 0.3) is 0 Å². The number of fused-ring (bicyclic) bond motifs is 1. The van der Waals surface area contributed by atoms with E-state index in [2.05, 4.69) is 35.8 Å². The molecule has 3 aromatic heterocycles. The Morgan fingerprint density at radius 3 is 2.80 bits per heavy atom. The van der Waals surface area contributed by atoms with Gasteiger partial charge in [-0.3, -0.25) is 4.90 Å². The number of nitrogens with two attached hydrogens (primary N) is 1. The van der Waals surface area contributed by atoms with Crippen molar-refractivity contribution in [2.45, 2.75) is 24.6 Å². The second kappa shape index (κ2) is 5.22. The molecular formula is C17H16BrFN6. The number of alkyl halides is 1. The molecule has 2 fully saturated rings. The Balaban J connectivity index is 1.65. The van der Waals surface area contributed by atoms with Crippen molar-refractivity contribution in [3.8, 4) is 5.82 Å². The van der Waals surface area contributed by atoms with E-state index in [1.165, 1.54) is 12.8 Å². The lowest BCUT2D eigenvalue weighted by Crippen LogP contribution is -2.57. The third kappa shape index (κ3) is 2.43. The molecule has 0 atom stereocenters. The van der Waals surface area contributed by atoms with Crippen LogP contribution in [0.1, 0.15) is 18.4 Å². The molecule has 2 N–H and O–H groups in total. The number of rotatable bonds is 3. The lowest BCUT2D eigenvalue weighted by atomic mass is 9.88. The Morgan fingerprint density at radius 1 is 1.28 bits per heavy atom. The number of hydrogen-bond acceptors (Lipinski definition) is 5. The number of pyridine rings is 1. The Morgan fingerprint density at radius 2 is 2.08 bits per heavy atom. The molecule has 0 bridgehead atoms. The summed E-state index contributed by atoms with van der Waals surface area (Å²) in [5, 5.41) is 0.804. The van der Waals surface area contributed by atoms with Crippen molar-refractivity contribution in [3.63, 3.8) is 0 Å². The Labute approximate surface area is 152 Å². The van der Waals surface area contributed by atoms with E-state index in [-0.39, 0.29) is 5.95 Å². The zero-order valence-electron chi connectivity index (χ0n) is 13.4. The first-order chi connectivity index (χ1) is 12.0. The molecule has 0 aromatic carbocycles. The summed E-state index contributed by atoms with van der Waals surface area (Å²) in [5.41, 5.74) is 5.88. The molecular weight excluding hydrogens is 387 g/mol. The maximum Gasteiger partial charge on any atom is 0.221 e. The van der Waals surface area contributed by atoms with Gasteiger partial charge in [-0.1, -0.05) is 0 Å². The van der Waals surface area contributed by atoms with Crippen molar-refractivity contribution in [1.29, 1.82) is 0 Å². The zero-order valence-corrected chi connectivity index (χ0v) is 14.9. The lowest BCUT2D eigenvalue weighted by Gasteiger charge is -2.44. The summed E-state index contributed by atoms with van der Waals surface area (Å²) >= 11 is 3.40. The standard InChI is InChI=1S/C17H16BrFN6/c18-14-5-13-11(6-22-14)12(17(19)8-24(9-17)10-1-2-10)7-25(13)15-3-4-21-16(20)23-15/h3-7,10H,1-2,8-9H2,(H2,20,21,23). The summed E-state index contributed by atoms with van der Waals surface area (Å²) in [4.78, 5) is 14.7. The van der Waals surface area contributed by atoms with Crippen LogP contribution in [0.5, 0.6) is 0 Å². The third-order valence-electron chi connectivity index (χ3n) is 5.02. The summed E-state index contributed by atoms with van der Waals surface area (Å²) in [6, 6.07) is 4.21. The van der Waals surface area contributed by atoms with Crippen molar-refractivity contribution in [1.82, 2.24) is 24.4 Å². The van der Waals surface area contributed by atoms with Gasteiger partial charge in [0.1, 0.15) is 10.4 Å². The normalized spacial score (nSPS) is 19.9. The van der Waals surface area contributed by atoms with Crippen LogP contribution in [-0.2, 0) is 5.67 Å². The number of anilines is 1. The van der Waals surface area contributed by atoms with E-state index in [1.54, 1.807) is 18.5 Å². The van der Waals surface area contributed by atoms with Crippen LogP contribution in [0.25, 0.3) is 16.7 Å². The highest BCUT2D eigenvalue weighted by atomic mass is 79.9. The maximum atomic E-state index is 15.6. The van der Waals surface area contributed by atoms with Gasteiger partial charge in [0.05, 0.1) is 5.52 Å². The summed E-state index contributed by atoms with van der Waals surface area (Å²) in [6.45, 7) is 0.886. The van der Waals surface area contributed by atoms with Crippen LogP contribution in [0, 0.1) is 0 Å². The molecule has 1 aliphatic heterocycles. The van der Waals surface area contributed by atoms with Crippen LogP contribution in [0.2, 0.25) is 0 Å². The predicted molar refractivity (Wildman–Crippen MR) is 96.2 cm³/mol. The number of hydrogen-bond donors (Lipinski definition) is 1. The van der Waals surface area contributed by atoms with E-state index >= 15 is 4.39 Å². The quantitative estimate of drug-likeness (QED) is 0.681. The van der Waals surface area contributed by atoms with Crippen molar-refractivity contribution in [2.24, 2.45) is 0 Å². The van der Waals surface area contributed by atoms with Gasteiger partial charge in [0.15, 0.2) is 5.67 Å². The van der Waals surface area contributed by atoms with Crippen LogP contribution < -0.4 is 5.73 Å². The highest BCUT2D eigenvalue weighted by molar-refractivity contribution is 9.10. The fourth-order valence-electron chi connectivity index (χ4n) is 3.61. The van der Waals surface area contributed by atoms with Crippen LogP contribution in [0.4, 0.5) is 10.3 Å². The van der Waals surface area contributed by atoms with Gasteiger partial charge in [0.2, 0.25) is 5.95 Å². The number of aromatic nitrogens is 4. The van der Waals surface area contributed by atoms with Gasteiger partial charge in [-0.15, -0.1) is 0 Å². The number of halogens is 2. The molecule has 8 heteroatoms. The Bertz CT molecular complexity index is 976. The second-order valence-electron chi connectivity index (χ2n) is 6.81. The molecule has 2 aliphatic rings. The largest absolute Gasteiger partial charge is 0.368 e. The first-order valence-electron chi connectivity index (χ1n) is 8.22. The average molecular weight is 403 g/mol. The lowest BCUT2D eigenvalue weighted by molar-refractivity contribution is -0.0408. The van der Waals surface area contributed by atoms with Gasteiger partial charge < -0.3 is 10.3 Å². The zero-order chi connectivity index (χ0) is 17.2. The first kappa shape index (κ1) is 15.2. The molecule has 128 valence electrons. The molecule has 1 aliphatic carbocycles. The minimum atomic E-state index is -1.35. The maximum absolute atomic E-state index is 15.6. The van der Waals surface area contributed by atoms with Gasteiger partial charge in [-0.05, 0) is 40.9 Å². The van der Waals surface area contributed by atoms with E-state index in [0.29, 0.717) is 35.1 Å². The molecule has 1 saturated carbocycles. The summed E-state index contributed by atoms with van der Waals surface area (Å²) in [6.07, 6.45) is 7.52. The summed E-state index contributed by atoms with van der Waals surface area (Å²) in [7, 11) is 0. The average Bonchev–Trinajstić information content (AvgIpc) is 3.32. The summed E-state index contributed by atoms with van der Waals surface area (Å²) in [5.74, 6) is 0.802. The van der Waals surface area contributed by atoms with E-state index in [0.717, 1.165) is 10.9 Å². The van der Waals surface area contributed by atoms with Crippen LogP contribution in [-0.4, -0.2) is 43.6 Å². The Kier molecular flexibility index (Phi) is 3.18. The Hall–Kier alpha value is -2.06. The van der Waals surface area contributed by atoms with E-state index in [9.17, 15) is 0 Å². The molecule has 0 unspecified atom stereocenters. The van der Waals surface area contributed by atoms with Gasteiger partial charge in [-0.2, -0.15) is 4.98 Å². The van der Waals surface area contributed by atoms with Gasteiger partial charge in [-0.25, -0.2) is 14.4 Å². The second-order valence-corrected chi connectivity index (χ2v) is 7.62. The number of likely N-dealkylation sites (tertiary alicyclic amines) is 1. The minimum Gasteiger partial charge on any atom is -0.368 e. The van der Waals surface area contributed by atoms with Crippen LogP contribution in [0.15, 0.2) is 35.3 Å². The SMILES string of the molecule is Nc1nccc(-n2cc(C3(F)CN(C4CC4)C3)c3cnc(Br)cc32)n1. The first-order valence-corrected chi connectivity index (χ1v) is 9.02. The van der Waals surface area contributed by atoms with E-state index in [1.807, 2.05) is 16.8 Å². The smallest absolute Gasteiger partial charge is 0.221 e. The molecule has 3 aromatic rings. The molecule has 0 spiro atoms. The fourth-order valence-corrected chi connectivity index (χ4v) is 3.92.